The van der Waals surface area contributed by atoms with Gasteiger partial charge in [-0.25, -0.2) is 0 Å². The van der Waals surface area contributed by atoms with E-state index in [1.54, 1.807) is 12.4 Å². The lowest BCUT2D eigenvalue weighted by Crippen LogP contribution is -2.13. The zero-order valence-corrected chi connectivity index (χ0v) is 19.2. The summed E-state index contributed by atoms with van der Waals surface area (Å²) < 4.78 is 0. The molecule has 1 amide bonds. The number of nitrogens with zero attached hydrogens (tertiary/aromatic N) is 1. The lowest BCUT2D eigenvalue weighted by Gasteiger charge is -2.12. The van der Waals surface area contributed by atoms with Crippen LogP contribution in [-0.2, 0) is 4.79 Å². The van der Waals surface area contributed by atoms with E-state index < -0.39 is 5.97 Å². The number of aliphatic carboxylic acids is 1. The Bertz CT molecular complexity index is 1310. The molecule has 1 aromatic heterocycles. The molecule has 5 nitrogen and oxygen atoms in total. The van der Waals surface area contributed by atoms with E-state index in [2.05, 4.69) is 10.3 Å². The van der Waals surface area contributed by atoms with Gasteiger partial charge in [0.25, 0.3) is 5.91 Å². The maximum absolute atomic E-state index is 13.1. The summed E-state index contributed by atoms with van der Waals surface area (Å²) >= 11 is 0. The molecule has 0 saturated heterocycles. The van der Waals surface area contributed by atoms with Crippen LogP contribution in [0.4, 0.5) is 5.69 Å². The summed E-state index contributed by atoms with van der Waals surface area (Å²) in [6, 6.07) is 28.9. The van der Waals surface area contributed by atoms with Crippen LogP contribution in [0.2, 0.25) is 0 Å². The number of pyridine rings is 1. The molecule has 0 unspecified atom stereocenters. The van der Waals surface area contributed by atoms with Crippen molar-refractivity contribution in [3.63, 3.8) is 0 Å². The molecule has 4 rings (SSSR count). The van der Waals surface area contributed by atoms with Gasteiger partial charge in [-0.3, -0.25) is 14.6 Å². The molecule has 35 heavy (non-hydrogen) atoms. The van der Waals surface area contributed by atoms with Crippen molar-refractivity contribution in [3.8, 4) is 11.1 Å². The molecule has 1 heterocycles. The Morgan fingerprint density at radius 3 is 2.29 bits per heavy atom. The van der Waals surface area contributed by atoms with Gasteiger partial charge in [0.1, 0.15) is 0 Å². The van der Waals surface area contributed by atoms with E-state index in [4.69, 9.17) is 5.11 Å². The number of carbonyl (C=O) groups excluding carboxylic acids is 1. The SMILES string of the molecule is O=C(O)CCCC=C(c1ccc(NC(=O)c2ccccc2-c2ccccc2)cc1)c1cccnc1. The predicted molar refractivity (Wildman–Crippen MR) is 139 cm³/mol. The van der Waals surface area contributed by atoms with E-state index >= 15 is 0 Å². The van der Waals surface area contributed by atoms with Crippen LogP contribution in [0.15, 0.2) is 109 Å². The van der Waals surface area contributed by atoms with E-state index in [1.165, 1.54) is 0 Å². The molecule has 0 fully saturated rings. The van der Waals surface area contributed by atoms with Gasteiger partial charge in [0.2, 0.25) is 0 Å². The van der Waals surface area contributed by atoms with Gasteiger partial charge in [-0.05, 0) is 59.4 Å². The summed E-state index contributed by atoms with van der Waals surface area (Å²) in [5, 5.41) is 11.9. The fraction of sp³-hybridized carbons (Fsp3) is 0.100. The minimum absolute atomic E-state index is 0.131. The number of nitrogens with one attached hydrogen (secondary N) is 1. The van der Waals surface area contributed by atoms with Crippen molar-refractivity contribution >= 4 is 23.1 Å². The Morgan fingerprint density at radius 2 is 1.57 bits per heavy atom. The highest BCUT2D eigenvalue weighted by molar-refractivity contribution is 6.08. The average Bonchev–Trinajstić information content (AvgIpc) is 2.90. The highest BCUT2D eigenvalue weighted by atomic mass is 16.4. The molecule has 0 aliphatic rings. The second-order valence-corrected chi connectivity index (χ2v) is 8.09. The number of hydrogen-bond donors (Lipinski definition) is 2. The van der Waals surface area contributed by atoms with Crippen LogP contribution in [0.25, 0.3) is 16.7 Å². The first-order valence-electron chi connectivity index (χ1n) is 11.5. The van der Waals surface area contributed by atoms with Gasteiger partial charge >= 0.3 is 5.97 Å². The highest BCUT2D eigenvalue weighted by Gasteiger charge is 2.13. The number of benzene rings is 3. The summed E-state index contributed by atoms with van der Waals surface area (Å²) in [5.41, 5.74) is 6.08. The van der Waals surface area contributed by atoms with Crippen molar-refractivity contribution < 1.29 is 14.7 Å². The molecule has 0 radical (unpaired) electrons. The van der Waals surface area contributed by atoms with Gasteiger partial charge in [0.15, 0.2) is 0 Å². The third kappa shape index (κ3) is 6.30. The molecular formula is C30H26N2O3. The molecule has 5 heteroatoms. The fourth-order valence-corrected chi connectivity index (χ4v) is 3.91. The van der Waals surface area contributed by atoms with Crippen LogP contribution in [0.3, 0.4) is 0 Å². The predicted octanol–water partition coefficient (Wildman–Crippen LogP) is 6.69. The standard InChI is InChI=1S/C30H26N2O3/c33-29(34)15-7-6-12-26(24-11-8-20-31-21-24)23-16-18-25(19-17-23)32-30(35)28-14-5-4-13-27(28)22-9-2-1-3-10-22/h1-5,8-14,16-21H,6-7,15H2,(H,32,35)(H,33,34). The molecule has 174 valence electrons. The topological polar surface area (TPSA) is 79.3 Å². The summed E-state index contributed by atoms with van der Waals surface area (Å²) in [6.45, 7) is 0. The van der Waals surface area contributed by atoms with Gasteiger partial charge in [-0.15, -0.1) is 0 Å². The second-order valence-electron chi connectivity index (χ2n) is 8.09. The quantitative estimate of drug-likeness (QED) is 0.272. The number of hydrogen-bond acceptors (Lipinski definition) is 3. The Morgan fingerprint density at radius 1 is 0.829 bits per heavy atom. The van der Waals surface area contributed by atoms with Crippen LogP contribution < -0.4 is 5.32 Å². The summed E-state index contributed by atoms with van der Waals surface area (Å²) in [4.78, 5) is 28.2. The van der Waals surface area contributed by atoms with Crippen molar-refractivity contribution in [1.29, 1.82) is 0 Å². The van der Waals surface area contributed by atoms with Crippen molar-refractivity contribution in [3.05, 3.63) is 126 Å². The van der Waals surface area contributed by atoms with Crippen molar-refractivity contribution in [1.82, 2.24) is 4.98 Å². The fourth-order valence-electron chi connectivity index (χ4n) is 3.91. The zero-order valence-electron chi connectivity index (χ0n) is 19.2. The lowest BCUT2D eigenvalue weighted by atomic mass is 9.97. The van der Waals surface area contributed by atoms with E-state index in [0.29, 0.717) is 24.1 Å². The molecule has 0 aliphatic carbocycles. The molecule has 0 bridgehead atoms. The van der Waals surface area contributed by atoms with Crippen molar-refractivity contribution in [2.45, 2.75) is 19.3 Å². The molecule has 0 spiro atoms. The number of carboxylic acid groups (broad SMARTS) is 1. The zero-order chi connectivity index (χ0) is 24.5. The maximum Gasteiger partial charge on any atom is 0.303 e. The molecule has 0 atom stereocenters. The van der Waals surface area contributed by atoms with Crippen molar-refractivity contribution in [2.24, 2.45) is 0 Å². The van der Waals surface area contributed by atoms with Crippen LogP contribution in [0, 0.1) is 0 Å². The number of aromatic nitrogens is 1. The first-order valence-corrected chi connectivity index (χ1v) is 11.5. The number of carbonyl (C=O) groups is 2. The normalized spacial score (nSPS) is 11.1. The molecular weight excluding hydrogens is 436 g/mol. The first kappa shape index (κ1) is 23.6. The minimum atomic E-state index is -0.796. The van der Waals surface area contributed by atoms with E-state index in [0.717, 1.165) is 27.8 Å². The van der Waals surface area contributed by atoms with E-state index in [-0.39, 0.29) is 12.3 Å². The lowest BCUT2D eigenvalue weighted by molar-refractivity contribution is -0.137. The van der Waals surface area contributed by atoms with Crippen LogP contribution in [0.5, 0.6) is 0 Å². The minimum Gasteiger partial charge on any atom is -0.481 e. The van der Waals surface area contributed by atoms with Crippen LogP contribution >= 0.6 is 0 Å². The Balaban J connectivity index is 1.54. The number of unbranched alkanes of at least 4 members (excludes halogenated alkanes) is 1. The van der Waals surface area contributed by atoms with Gasteiger partial charge in [-0.2, -0.15) is 0 Å². The van der Waals surface area contributed by atoms with Crippen LogP contribution in [0.1, 0.15) is 40.7 Å². The number of carboxylic acids is 1. The van der Waals surface area contributed by atoms with Gasteiger partial charge in [0, 0.05) is 35.6 Å². The third-order valence-corrected chi connectivity index (χ3v) is 5.63. The van der Waals surface area contributed by atoms with Gasteiger partial charge < -0.3 is 10.4 Å². The Kier molecular flexibility index (Phi) is 7.81. The number of allylic oxidation sites excluding steroid dienone is 1. The van der Waals surface area contributed by atoms with Crippen LogP contribution in [-0.4, -0.2) is 22.0 Å². The molecule has 0 saturated carbocycles. The smallest absolute Gasteiger partial charge is 0.303 e. The third-order valence-electron chi connectivity index (χ3n) is 5.63. The number of amides is 1. The van der Waals surface area contributed by atoms with Gasteiger partial charge in [0.05, 0.1) is 0 Å². The van der Waals surface area contributed by atoms with Gasteiger partial charge in [-0.1, -0.05) is 72.8 Å². The first-order chi connectivity index (χ1) is 17.1. The van der Waals surface area contributed by atoms with Crippen molar-refractivity contribution in [2.75, 3.05) is 5.32 Å². The molecule has 0 aliphatic heterocycles. The molecule has 2 N–H and O–H groups in total. The highest BCUT2D eigenvalue weighted by Crippen LogP contribution is 2.27. The maximum atomic E-state index is 13.1. The largest absolute Gasteiger partial charge is 0.481 e. The van der Waals surface area contributed by atoms with E-state index in [9.17, 15) is 9.59 Å². The number of rotatable bonds is 9. The monoisotopic (exact) mass is 462 g/mol. The summed E-state index contributed by atoms with van der Waals surface area (Å²) in [6.07, 6.45) is 6.89. The molecule has 3 aromatic carbocycles. The Labute approximate surface area is 204 Å². The average molecular weight is 463 g/mol. The molecule has 4 aromatic rings. The summed E-state index contributed by atoms with van der Waals surface area (Å²) in [5.74, 6) is -0.968. The second kappa shape index (κ2) is 11.6. The Hall–Kier alpha value is -4.51. The number of anilines is 1. The van der Waals surface area contributed by atoms with E-state index in [1.807, 2.05) is 97.1 Å². The summed E-state index contributed by atoms with van der Waals surface area (Å²) in [7, 11) is 0.